The quantitative estimate of drug-likeness (QED) is 0.872. The molecule has 0 spiro atoms. The molecule has 0 amide bonds. The number of rotatable bonds is 6. The lowest BCUT2D eigenvalue weighted by molar-refractivity contribution is 0.506. The normalized spacial score (nSPS) is 13.1. The minimum Gasteiger partial charge on any atom is -0.319 e. The Labute approximate surface area is 107 Å². The number of hydrogen-bond donors (Lipinski definition) is 1. The van der Waals surface area contributed by atoms with E-state index in [-0.39, 0.29) is 0 Å². The number of halogens is 1. The van der Waals surface area contributed by atoms with Gasteiger partial charge < -0.3 is 5.32 Å². The molecule has 0 saturated carbocycles. The van der Waals surface area contributed by atoms with E-state index >= 15 is 0 Å². The summed E-state index contributed by atoms with van der Waals surface area (Å²) in [6.45, 7) is 8.55. The molecule has 0 aromatic carbocycles. The van der Waals surface area contributed by atoms with Gasteiger partial charge in [0.2, 0.25) is 0 Å². The molecule has 0 bridgehead atoms. The number of hydrogen-bond acceptors (Lipinski definition) is 2. The van der Waals surface area contributed by atoms with Gasteiger partial charge in [-0.3, -0.25) is 4.68 Å². The van der Waals surface area contributed by atoms with Gasteiger partial charge in [0.05, 0.1) is 15.9 Å². The summed E-state index contributed by atoms with van der Waals surface area (Å²) in [4.78, 5) is 0. The molecule has 3 nitrogen and oxygen atoms in total. The van der Waals surface area contributed by atoms with E-state index in [0.29, 0.717) is 5.92 Å². The van der Waals surface area contributed by atoms with E-state index in [0.717, 1.165) is 25.9 Å². The summed E-state index contributed by atoms with van der Waals surface area (Å²) >= 11 is 3.68. The highest BCUT2D eigenvalue weighted by molar-refractivity contribution is 9.10. The topological polar surface area (TPSA) is 29.9 Å². The predicted octanol–water partition coefficient (Wildman–Crippen LogP) is 2.63. The van der Waals surface area contributed by atoms with Crippen molar-refractivity contribution in [3.63, 3.8) is 0 Å². The minimum absolute atomic E-state index is 0.632. The second kappa shape index (κ2) is 6.40. The lowest BCUT2D eigenvalue weighted by Crippen LogP contribution is -2.19. The lowest BCUT2D eigenvalue weighted by atomic mass is 10.1. The summed E-state index contributed by atoms with van der Waals surface area (Å²) in [5, 5.41) is 7.83. The third-order valence-electron chi connectivity index (χ3n) is 2.79. The lowest BCUT2D eigenvalue weighted by Gasteiger charge is -2.12. The Balaban J connectivity index is 2.88. The van der Waals surface area contributed by atoms with Crippen LogP contribution in [-0.4, -0.2) is 23.4 Å². The molecule has 0 aliphatic carbocycles. The van der Waals surface area contributed by atoms with Crippen molar-refractivity contribution < 1.29 is 0 Å². The maximum Gasteiger partial charge on any atom is 0.0766 e. The van der Waals surface area contributed by atoms with E-state index in [4.69, 9.17) is 0 Å². The largest absolute Gasteiger partial charge is 0.319 e. The number of aryl methyl sites for hydroxylation is 2. The van der Waals surface area contributed by atoms with Crippen molar-refractivity contribution in [2.24, 2.45) is 5.92 Å². The van der Waals surface area contributed by atoms with Crippen LogP contribution in [0, 0.1) is 5.92 Å². The summed E-state index contributed by atoms with van der Waals surface area (Å²) in [6, 6.07) is 0. The van der Waals surface area contributed by atoms with Crippen LogP contribution < -0.4 is 5.32 Å². The number of nitrogens with zero attached hydrogens (tertiary/aromatic N) is 2. The number of nitrogens with one attached hydrogen (secondary N) is 1. The molecule has 1 aromatic heterocycles. The maximum absolute atomic E-state index is 4.61. The van der Waals surface area contributed by atoms with Crippen LogP contribution in [0.1, 0.15) is 32.2 Å². The van der Waals surface area contributed by atoms with Gasteiger partial charge in [-0.1, -0.05) is 13.8 Å². The van der Waals surface area contributed by atoms with Crippen molar-refractivity contribution in [1.29, 1.82) is 0 Å². The van der Waals surface area contributed by atoms with Crippen molar-refractivity contribution in [3.8, 4) is 0 Å². The standard InChI is InChI=1S/C12H22BrN3/c1-5-10-12(13)11(16(6-2)15-10)7-9(3)8-14-4/h9,14H,5-8H2,1-4H3. The maximum atomic E-state index is 4.61. The van der Waals surface area contributed by atoms with Crippen molar-refractivity contribution in [1.82, 2.24) is 15.1 Å². The molecule has 0 radical (unpaired) electrons. The van der Waals surface area contributed by atoms with Crippen LogP contribution in [0.3, 0.4) is 0 Å². The highest BCUT2D eigenvalue weighted by Gasteiger charge is 2.15. The van der Waals surface area contributed by atoms with E-state index < -0.39 is 0 Å². The molecule has 0 fully saturated rings. The monoisotopic (exact) mass is 287 g/mol. The van der Waals surface area contributed by atoms with Gasteiger partial charge in [-0.15, -0.1) is 0 Å². The highest BCUT2D eigenvalue weighted by Crippen LogP contribution is 2.24. The van der Waals surface area contributed by atoms with Gasteiger partial charge in [0.25, 0.3) is 0 Å². The summed E-state index contributed by atoms with van der Waals surface area (Å²) in [5.74, 6) is 0.632. The van der Waals surface area contributed by atoms with E-state index in [1.54, 1.807) is 0 Å². The molecule has 1 rings (SSSR count). The second-order valence-corrected chi connectivity index (χ2v) is 5.04. The minimum atomic E-state index is 0.632. The van der Waals surface area contributed by atoms with Crippen LogP contribution >= 0.6 is 15.9 Å². The van der Waals surface area contributed by atoms with E-state index in [2.05, 4.69) is 51.8 Å². The third kappa shape index (κ3) is 3.08. The first-order valence-electron chi connectivity index (χ1n) is 6.02. The van der Waals surface area contributed by atoms with Gasteiger partial charge in [0.1, 0.15) is 0 Å². The van der Waals surface area contributed by atoms with Gasteiger partial charge in [0, 0.05) is 6.54 Å². The summed E-state index contributed by atoms with van der Waals surface area (Å²) in [6.07, 6.45) is 2.06. The molecule has 0 aliphatic rings. The Hall–Kier alpha value is -0.350. The Morgan fingerprint density at radius 2 is 2.12 bits per heavy atom. The van der Waals surface area contributed by atoms with Crippen LogP contribution in [0.15, 0.2) is 4.47 Å². The van der Waals surface area contributed by atoms with Crippen LogP contribution in [0.25, 0.3) is 0 Å². The Bertz CT molecular complexity index is 333. The van der Waals surface area contributed by atoms with Crippen molar-refractivity contribution in [2.45, 2.75) is 40.2 Å². The first-order chi connectivity index (χ1) is 7.63. The van der Waals surface area contributed by atoms with E-state index in [9.17, 15) is 0 Å². The third-order valence-corrected chi connectivity index (χ3v) is 3.70. The molecule has 1 heterocycles. The van der Waals surface area contributed by atoms with E-state index in [1.165, 1.54) is 15.9 Å². The van der Waals surface area contributed by atoms with Crippen LogP contribution in [0.4, 0.5) is 0 Å². The predicted molar refractivity (Wildman–Crippen MR) is 71.8 cm³/mol. The summed E-state index contributed by atoms with van der Waals surface area (Å²) in [5.41, 5.74) is 2.51. The molecule has 4 heteroatoms. The van der Waals surface area contributed by atoms with Crippen molar-refractivity contribution >= 4 is 15.9 Å². The van der Waals surface area contributed by atoms with Crippen LogP contribution in [-0.2, 0) is 19.4 Å². The Kier molecular flexibility index (Phi) is 5.49. The molecular weight excluding hydrogens is 266 g/mol. The molecule has 1 unspecified atom stereocenters. The zero-order chi connectivity index (χ0) is 12.1. The van der Waals surface area contributed by atoms with Gasteiger partial charge in [0.15, 0.2) is 0 Å². The summed E-state index contributed by atoms with van der Waals surface area (Å²) in [7, 11) is 2.00. The van der Waals surface area contributed by atoms with Crippen molar-refractivity contribution in [3.05, 3.63) is 15.9 Å². The fourth-order valence-corrected chi connectivity index (χ4v) is 2.69. The average Bonchev–Trinajstić information content (AvgIpc) is 2.56. The Morgan fingerprint density at radius 1 is 1.44 bits per heavy atom. The summed E-state index contributed by atoms with van der Waals surface area (Å²) < 4.78 is 3.33. The van der Waals surface area contributed by atoms with E-state index in [1.807, 2.05) is 7.05 Å². The van der Waals surface area contributed by atoms with Crippen LogP contribution in [0.2, 0.25) is 0 Å². The zero-order valence-electron chi connectivity index (χ0n) is 10.7. The molecular formula is C12H22BrN3. The Morgan fingerprint density at radius 3 is 2.62 bits per heavy atom. The molecule has 16 heavy (non-hydrogen) atoms. The van der Waals surface area contributed by atoms with Gasteiger partial charge in [-0.2, -0.15) is 5.10 Å². The second-order valence-electron chi connectivity index (χ2n) is 4.24. The number of aromatic nitrogens is 2. The molecule has 92 valence electrons. The molecule has 1 N–H and O–H groups in total. The molecule has 0 aliphatic heterocycles. The van der Waals surface area contributed by atoms with Gasteiger partial charge in [-0.05, 0) is 55.2 Å². The van der Waals surface area contributed by atoms with Crippen LogP contribution in [0.5, 0.6) is 0 Å². The molecule has 0 saturated heterocycles. The SMILES string of the molecule is CCc1nn(CC)c(CC(C)CNC)c1Br. The van der Waals surface area contributed by atoms with Crippen molar-refractivity contribution in [2.75, 3.05) is 13.6 Å². The fourth-order valence-electron chi connectivity index (χ4n) is 1.96. The fraction of sp³-hybridized carbons (Fsp3) is 0.750. The first-order valence-corrected chi connectivity index (χ1v) is 6.81. The smallest absolute Gasteiger partial charge is 0.0766 e. The van der Waals surface area contributed by atoms with Gasteiger partial charge >= 0.3 is 0 Å². The molecule has 1 aromatic rings. The first kappa shape index (κ1) is 13.7. The molecule has 1 atom stereocenters. The van der Waals surface area contributed by atoms with Gasteiger partial charge in [-0.25, -0.2) is 0 Å². The average molecular weight is 288 g/mol. The highest BCUT2D eigenvalue weighted by atomic mass is 79.9. The zero-order valence-corrected chi connectivity index (χ0v) is 12.3.